The van der Waals surface area contributed by atoms with E-state index in [1.807, 2.05) is 12.1 Å². The van der Waals surface area contributed by atoms with E-state index < -0.39 is 6.29 Å². The molecule has 1 unspecified atom stereocenters. The Morgan fingerprint density at radius 1 is 1.30 bits per heavy atom. The van der Waals surface area contributed by atoms with Gasteiger partial charge in [-0.3, -0.25) is 14.5 Å². The van der Waals surface area contributed by atoms with Gasteiger partial charge in [-0.25, -0.2) is 0 Å². The fourth-order valence-electron chi connectivity index (χ4n) is 5.00. The average molecular weight is 312 g/mol. The second kappa shape index (κ2) is 4.60. The molecule has 5 nitrogen and oxygen atoms in total. The van der Waals surface area contributed by atoms with Gasteiger partial charge in [-0.2, -0.15) is 0 Å². The molecule has 5 heteroatoms. The standard InChI is InChI=1S/C18H17NO4/c1-9(20)15-13-12-8-22-18(23-12)17(21)14(13)16-11-5-3-2-4-10(11)6-7-19(15)16/h2-7,12-16,18H,8H2,1H3/p+1/t12-,13+,14+,15+,16+,18+/m0/s1. The van der Waals surface area contributed by atoms with Gasteiger partial charge in [0.05, 0.1) is 30.7 Å². The predicted octanol–water partition coefficient (Wildman–Crippen LogP) is 0.125. The minimum absolute atomic E-state index is 0.0000954. The van der Waals surface area contributed by atoms with Crippen LogP contribution in [0.5, 0.6) is 0 Å². The van der Waals surface area contributed by atoms with Crippen LogP contribution in [-0.4, -0.2) is 36.6 Å². The van der Waals surface area contributed by atoms with Gasteiger partial charge in [0.1, 0.15) is 6.04 Å². The Morgan fingerprint density at radius 3 is 2.96 bits per heavy atom. The Bertz CT molecular complexity index is 742. The highest BCUT2D eigenvalue weighted by molar-refractivity contribution is 5.90. The molecule has 2 bridgehead atoms. The van der Waals surface area contributed by atoms with Crippen molar-refractivity contribution in [1.82, 2.24) is 0 Å². The molecule has 1 aromatic carbocycles. The van der Waals surface area contributed by atoms with E-state index in [4.69, 9.17) is 9.47 Å². The van der Waals surface area contributed by atoms with Crippen LogP contribution in [0, 0.1) is 11.8 Å². The van der Waals surface area contributed by atoms with E-state index in [0.717, 1.165) is 16.0 Å². The van der Waals surface area contributed by atoms with Gasteiger partial charge >= 0.3 is 0 Å². The third kappa shape index (κ3) is 1.67. The number of fused-ring (bicyclic) bond motifs is 8. The molecule has 1 N–H and O–H groups in total. The number of Topliss-reactive ketones (excluding diaryl/α,β-unsaturated/α-hetero) is 2. The van der Waals surface area contributed by atoms with Crippen LogP contribution >= 0.6 is 0 Å². The molecule has 0 amide bonds. The molecule has 0 aliphatic carbocycles. The van der Waals surface area contributed by atoms with Gasteiger partial charge < -0.3 is 9.47 Å². The molecule has 3 saturated heterocycles. The number of quaternary nitrogens is 1. The smallest absolute Gasteiger partial charge is 0.218 e. The van der Waals surface area contributed by atoms with Crippen molar-refractivity contribution in [3.8, 4) is 0 Å². The Balaban J connectivity index is 1.70. The third-order valence-corrected chi connectivity index (χ3v) is 5.80. The molecule has 1 aromatic rings. The molecule has 5 rings (SSSR count). The molecular weight excluding hydrogens is 294 g/mol. The van der Waals surface area contributed by atoms with Gasteiger partial charge in [0, 0.05) is 12.5 Å². The highest BCUT2D eigenvalue weighted by Gasteiger charge is 2.66. The Labute approximate surface area is 133 Å². The summed E-state index contributed by atoms with van der Waals surface area (Å²) in [5.41, 5.74) is 2.29. The number of hydrogen-bond acceptors (Lipinski definition) is 4. The summed E-state index contributed by atoms with van der Waals surface area (Å²) in [6.07, 6.45) is 3.22. The molecule has 4 heterocycles. The number of rotatable bonds is 1. The number of ketones is 2. The molecule has 23 heavy (non-hydrogen) atoms. The SMILES string of the molecule is CC(=O)[C@@H]1[C@H]2[C@@H](C(=O)[C@@H]3OC[C@@H]2O3)[C@H]2c3ccccc3C=C[NH+]12. The topological polar surface area (TPSA) is 57.0 Å². The van der Waals surface area contributed by atoms with E-state index in [9.17, 15) is 9.59 Å². The second-order valence-corrected chi connectivity index (χ2v) is 6.87. The van der Waals surface area contributed by atoms with Crippen LogP contribution in [0.15, 0.2) is 30.5 Å². The molecule has 0 saturated carbocycles. The number of carbonyl (C=O) groups is 2. The largest absolute Gasteiger partial charge is 0.343 e. The van der Waals surface area contributed by atoms with Gasteiger partial charge in [0.15, 0.2) is 17.6 Å². The Morgan fingerprint density at radius 2 is 2.13 bits per heavy atom. The zero-order valence-corrected chi connectivity index (χ0v) is 12.8. The van der Waals surface area contributed by atoms with Gasteiger partial charge in [-0.05, 0) is 11.6 Å². The van der Waals surface area contributed by atoms with E-state index in [1.165, 1.54) is 0 Å². The van der Waals surface area contributed by atoms with Crippen molar-refractivity contribution in [2.45, 2.75) is 31.4 Å². The Hall–Kier alpha value is -1.82. The van der Waals surface area contributed by atoms with Gasteiger partial charge in [0.2, 0.25) is 6.29 Å². The first-order valence-corrected chi connectivity index (χ1v) is 8.12. The van der Waals surface area contributed by atoms with E-state index in [0.29, 0.717) is 6.61 Å². The van der Waals surface area contributed by atoms with E-state index in [1.54, 1.807) is 6.92 Å². The Kier molecular flexibility index (Phi) is 2.72. The first-order chi connectivity index (χ1) is 11.2. The average Bonchev–Trinajstić information content (AvgIpc) is 3.13. The maximum atomic E-state index is 12.9. The molecule has 3 fully saturated rings. The lowest BCUT2D eigenvalue weighted by Gasteiger charge is -2.30. The summed E-state index contributed by atoms with van der Waals surface area (Å²) in [5, 5.41) is 0. The zero-order chi connectivity index (χ0) is 15.7. The molecule has 7 atom stereocenters. The summed E-state index contributed by atoms with van der Waals surface area (Å²) < 4.78 is 11.2. The number of carbonyl (C=O) groups excluding carboxylic acids is 2. The molecule has 4 aliphatic heterocycles. The summed E-state index contributed by atoms with van der Waals surface area (Å²) in [7, 11) is 0. The van der Waals surface area contributed by atoms with Crippen molar-refractivity contribution in [2.24, 2.45) is 11.8 Å². The predicted molar refractivity (Wildman–Crippen MR) is 80.2 cm³/mol. The second-order valence-electron chi connectivity index (χ2n) is 6.87. The number of hydrogen-bond donors (Lipinski definition) is 1. The molecule has 0 aromatic heterocycles. The van der Waals surface area contributed by atoms with Gasteiger partial charge in [-0.15, -0.1) is 0 Å². The highest BCUT2D eigenvalue weighted by atomic mass is 16.7. The summed E-state index contributed by atoms with van der Waals surface area (Å²) in [5.74, 6) is -0.200. The van der Waals surface area contributed by atoms with E-state index in [-0.39, 0.29) is 41.6 Å². The number of nitrogens with one attached hydrogen (secondary N) is 1. The quantitative estimate of drug-likeness (QED) is 0.800. The summed E-state index contributed by atoms with van der Waals surface area (Å²) in [4.78, 5) is 26.4. The van der Waals surface area contributed by atoms with Crippen molar-refractivity contribution in [1.29, 1.82) is 0 Å². The molecule has 0 spiro atoms. The van der Waals surface area contributed by atoms with Crippen LogP contribution in [0.2, 0.25) is 0 Å². The lowest BCUT2D eigenvalue weighted by atomic mass is 9.76. The van der Waals surface area contributed by atoms with Crippen LogP contribution < -0.4 is 4.90 Å². The minimum Gasteiger partial charge on any atom is -0.343 e. The fraction of sp³-hybridized carbons (Fsp3) is 0.444. The summed E-state index contributed by atoms with van der Waals surface area (Å²) in [6.45, 7) is 2.03. The third-order valence-electron chi connectivity index (χ3n) is 5.80. The summed E-state index contributed by atoms with van der Waals surface area (Å²) in [6, 6.07) is 7.88. The van der Waals surface area contributed by atoms with Gasteiger partial charge in [-0.1, -0.05) is 24.3 Å². The molecule has 0 radical (unpaired) electrons. The van der Waals surface area contributed by atoms with Crippen LogP contribution in [0.1, 0.15) is 24.1 Å². The number of benzene rings is 1. The lowest BCUT2D eigenvalue weighted by Crippen LogP contribution is -3.11. The molecule has 4 aliphatic rings. The van der Waals surface area contributed by atoms with E-state index in [2.05, 4.69) is 24.4 Å². The van der Waals surface area contributed by atoms with E-state index >= 15 is 0 Å². The monoisotopic (exact) mass is 312 g/mol. The normalized spacial score (nSPS) is 43.0. The van der Waals surface area contributed by atoms with Crippen LogP contribution in [0.3, 0.4) is 0 Å². The first-order valence-electron chi connectivity index (χ1n) is 8.12. The number of ether oxygens (including phenoxy) is 2. The molecular formula is C18H18NO4+. The van der Waals surface area contributed by atoms with Crippen LogP contribution in [0.4, 0.5) is 0 Å². The van der Waals surface area contributed by atoms with Crippen LogP contribution in [0.25, 0.3) is 6.08 Å². The highest BCUT2D eigenvalue weighted by Crippen LogP contribution is 2.46. The molecule has 118 valence electrons. The fourth-order valence-corrected chi connectivity index (χ4v) is 5.00. The maximum Gasteiger partial charge on any atom is 0.218 e. The lowest BCUT2D eigenvalue weighted by molar-refractivity contribution is -0.885. The van der Waals surface area contributed by atoms with Crippen molar-refractivity contribution in [3.05, 3.63) is 41.6 Å². The van der Waals surface area contributed by atoms with Crippen LogP contribution in [-0.2, 0) is 19.1 Å². The van der Waals surface area contributed by atoms with Gasteiger partial charge in [0.25, 0.3) is 0 Å². The zero-order valence-electron chi connectivity index (χ0n) is 12.8. The maximum absolute atomic E-state index is 12.9. The van der Waals surface area contributed by atoms with Crippen molar-refractivity contribution < 1.29 is 24.0 Å². The van der Waals surface area contributed by atoms with Crippen molar-refractivity contribution in [3.63, 3.8) is 0 Å². The van der Waals surface area contributed by atoms with Crippen molar-refractivity contribution >= 4 is 17.6 Å². The summed E-state index contributed by atoms with van der Waals surface area (Å²) >= 11 is 0. The minimum atomic E-state index is -0.744. The first kappa shape index (κ1) is 13.6. The van der Waals surface area contributed by atoms with Crippen molar-refractivity contribution in [2.75, 3.05) is 6.61 Å².